The summed E-state index contributed by atoms with van der Waals surface area (Å²) < 4.78 is 1.61. The molecule has 0 saturated heterocycles. The fourth-order valence-corrected chi connectivity index (χ4v) is 1.76. The molecule has 0 radical (unpaired) electrons. The predicted octanol–water partition coefficient (Wildman–Crippen LogP) is 1.99. The van der Waals surface area contributed by atoms with Crippen molar-refractivity contribution < 1.29 is 10.0 Å². The Hall–Kier alpha value is -1.92. The Bertz CT molecular complexity index is 583. The smallest absolute Gasteiger partial charge is 0.270 e. The standard InChI is InChI=1S/C11H10ClN3O3/c12-11-3-10(15(17)18)2-1-9(11)6-14-5-8(7-16)4-13-14/h1-5,16H,6-7H2. The Morgan fingerprint density at radius 1 is 1.50 bits per heavy atom. The van der Waals surface area contributed by atoms with E-state index in [1.165, 1.54) is 12.1 Å². The second-order valence-electron chi connectivity index (χ2n) is 3.74. The average Bonchev–Trinajstić information content (AvgIpc) is 2.79. The third kappa shape index (κ3) is 2.66. The van der Waals surface area contributed by atoms with Crippen molar-refractivity contribution in [3.05, 3.63) is 56.9 Å². The Morgan fingerprint density at radius 2 is 2.28 bits per heavy atom. The van der Waals surface area contributed by atoms with Crippen LogP contribution in [0.15, 0.2) is 30.6 Å². The second kappa shape index (κ2) is 5.16. The Kier molecular flexibility index (Phi) is 3.59. The minimum atomic E-state index is -0.493. The van der Waals surface area contributed by atoms with E-state index in [1.54, 1.807) is 23.1 Å². The van der Waals surface area contributed by atoms with E-state index in [4.69, 9.17) is 16.7 Å². The van der Waals surface area contributed by atoms with E-state index < -0.39 is 4.92 Å². The number of aliphatic hydroxyl groups is 1. The molecule has 0 aliphatic carbocycles. The largest absolute Gasteiger partial charge is 0.392 e. The molecule has 2 aromatic rings. The minimum absolute atomic E-state index is 0.0414. The van der Waals surface area contributed by atoms with Crippen molar-refractivity contribution in [2.24, 2.45) is 0 Å². The van der Waals surface area contributed by atoms with Crippen LogP contribution in [0.4, 0.5) is 5.69 Å². The van der Waals surface area contributed by atoms with Crippen molar-refractivity contribution >= 4 is 17.3 Å². The second-order valence-corrected chi connectivity index (χ2v) is 4.14. The van der Waals surface area contributed by atoms with Crippen LogP contribution in [0.5, 0.6) is 0 Å². The zero-order chi connectivity index (χ0) is 13.1. The summed E-state index contributed by atoms with van der Waals surface area (Å²) in [6.45, 7) is 0.324. The molecule has 1 aromatic carbocycles. The van der Waals surface area contributed by atoms with Crippen LogP contribution in [0, 0.1) is 10.1 Å². The molecular weight excluding hydrogens is 258 g/mol. The maximum atomic E-state index is 10.6. The van der Waals surface area contributed by atoms with Gasteiger partial charge in [-0.25, -0.2) is 0 Å². The van der Waals surface area contributed by atoms with Crippen molar-refractivity contribution in [1.29, 1.82) is 0 Å². The summed E-state index contributed by atoms with van der Waals surface area (Å²) in [4.78, 5) is 10.1. The Labute approximate surface area is 108 Å². The zero-order valence-corrected chi connectivity index (χ0v) is 10.0. The van der Waals surface area contributed by atoms with Crippen molar-refractivity contribution in [3.8, 4) is 0 Å². The number of halogens is 1. The highest BCUT2D eigenvalue weighted by Crippen LogP contribution is 2.23. The summed E-state index contributed by atoms with van der Waals surface area (Å²) in [7, 11) is 0. The molecule has 0 unspecified atom stereocenters. The molecule has 0 aliphatic heterocycles. The maximum absolute atomic E-state index is 10.6. The van der Waals surface area contributed by atoms with Crippen LogP contribution in [0.3, 0.4) is 0 Å². The van der Waals surface area contributed by atoms with Gasteiger partial charge in [-0.05, 0) is 11.6 Å². The fraction of sp³-hybridized carbons (Fsp3) is 0.182. The van der Waals surface area contributed by atoms with E-state index in [-0.39, 0.29) is 12.3 Å². The summed E-state index contributed by atoms with van der Waals surface area (Å²) in [6.07, 6.45) is 3.25. The first kappa shape index (κ1) is 12.5. The lowest BCUT2D eigenvalue weighted by molar-refractivity contribution is -0.384. The molecule has 94 valence electrons. The fourth-order valence-electron chi connectivity index (χ4n) is 1.53. The number of hydrogen-bond acceptors (Lipinski definition) is 4. The van der Waals surface area contributed by atoms with E-state index >= 15 is 0 Å². The first-order valence-corrected chi connectivity index (χ1v) is 5.53. The lowest BCUT2D eigenvalue weighted by Crippen LogP contribution is -2.01. The van der Waals surface area contributed by atoms with Gasteiger partial charge >= 0.3 is 0 Å². The van der Waals surface area contributed by atoms with Gasteiger partial charge in [-0.3, -0.25) is 14.8 Å². The van der Waals surface area contributed by atoms with E-state index in [9.17, 15) is 10.1 Å². The molecule has 7 heteroatoms. The average molecular weight is 268 g/mol. The molecule has 0 bridgehead atoms. The van der Waals surface area contributed by atoms with Gasteiger partial charge in [0.15, 0.2) is 0 Å². The van der Waals surface area contributed by atoms with Crippen LogP contribution in [0.25, 0.3) is 0 Å². The third-order valence-electron chi connectivity index (χ3n) is 2.45. The van der Waals surface area contributed by atoms with Gasteiger partial charge in [0.05, 0.1) is 29.3 Å². The molecule has 6 nitrogen and oxygen atoms in total. The van der Waals surface area contributed by atoms with Gasteiger partial charge in [-0.1, -0.05) is 11.6 Å². The number of hydrogen-bond donors (Lipinski definition) is 1. The maximum Gasteiger partial charge on any atom is 0.270 e. The Balaban J connectivity index is 2.21. The number of non-ortho nitro benzene ring substituents is 1. The van der Waals surface area contributed by atoms with Crippen LogP contribution in [-0.2, 0) is 13.2 Å². The molecule has 1 N–H and O–H groups in total. The van der Waals surface area contributed by atoms with Gasteiger partial charge < -0.3 is 5.11 Å². The number of nitrogens with zero attached hydrogens (tertiary/aromatic N) is 3. The van der Waals surface area contributed by atoms with Crippen molar-refractivity contribution in [1.82, 2.24) is 9.78 Å². The van der Waals surface area contributed by atoms with Gasteiger partial charge in [0.2, 0.25) is 0 Å². The quantitative estimate of drug-likeness (QED) is 0.678. The number of aromatic nitrogens is 2. The molecule has 0 amide bonds. The SMILES string of the molecule is O=[N+]([O-])c1ccc(Cn2cc(CO)cn2)c(Cl)c1. The highest BCUT2D eigenvalue weighted by molar-refractivity contribution is 6.31. The van der Waals surface area contributed by atoms with Gasteiger partial charge in [0.1, 0.15) is 0 Å². The van der Waals surface area contributed by atoms with E-state index in [1.807, 2.05) is 0 Å². The summed E-state index contributed by atoms with van der Waals surface area (Å²) in [6, 6.07) is 4.31. The molecule has 18 heavy (non-hydrogen) atoms. The molecular formula is C11H10ClN3O3. The van der Waals surface area contributed by atoms with Crippen LogP contribution in [-0.4, -0.2) is 19.8 Å². The predicted molar refractivity (Wildman–Crippen MR) is 65.4 cm³/mol. The minimum Gasteiger partial charge on any atom is -0.392 e. The zero-order valence-electron chi connectivity index (χ0n) is 9.28. The molecule has 1 aromatic heterocycles. The van der Waals surface area contributed by atoms with Crippen LogP contribution < -0.4 is 0 Å². The monoisotopic (exact) mass is 267 g/mol. The van der Waals surface area contributed by atoms with Crippen LogP contribution in [0.1, 0.15) is 11.1 Å². The van der Waals surface area contributed by atoms with Crippen LogP contribution in [0.2, 0.25) is 5.02 Å². The number of nitro benzene ring substituents is 1. The Morgan fingerprint density at radius 3 is 2.83 bits per heavy atom. The molecule has 1 heterocycles. The van der Waals surface area contributed by atoms with Crippen molar-refractivity contribution in [2.45, 2.75) is 13.2 Å². The highest BCUT2D eigenvalue weighted by atomic mass is 35.5. The number of nitro groups is 1. The third-order valence-corrected chi connectivity index (χ3v) is 2.80. The topological polar surface area (TPSA) is 81.2 Å². The molecule has 0 spiro atoms. The van der Waals surface area contributed by atoms with Crippen molar-refractivity contribution in [3.63, 3.8) is 0 Å². The van der Waals surface area contributed by atoms with E-state index in [0.717, 1.165) is 5.56 Å². The van der Waals surface area contributed by atoms with Gasteiger partial charge in [-0.15, -0.1) is 0 Å². The summed E-state index contributed by atoms with van der Waals surface area (Å²) in [5.74, 6) is 0. The number of aliphatic hydroxyl groups excluding tert-OH is 1. The van der Waals surface area contributed by atoms with Crippen molar-refractivity contribution in [2.75, 3.05) is 0 Å². The first-order chi connectivity index (χ1) is 8.60. The molecule has 0 saturated carbocycles. The van der Waals surface area contributed by atoms with Crippen LogP contribution >= 0.6 is 11.6 Å². The highest BCUT2D eigenvalue weighted by Gasteiger charge is 2.10. The number of rotatable bonds is 4. The van der Waals surface area contributed by atoms with Gasteiger partial charge in [0.25, 0.3) is 5.69 Å². The molecule has 0 aliphatic rings. The summed E-state index contributed by atoms with van der Waals surface area (Å²) >= 11 is 5.97. The first-order valence-electron chi connectivity index (χ1n) is 5.15. The lowest BCUT2D eigenvalue weighted by atomic mass is 10.2. The number of benzene rings is 1. The molecule has 0 fully saturated rings. The van der Waals surface area contributed by atoms with Gasteiger partial charge in [0, 0.05) is 23.9 Å². The molecule has 0 atom stereocenters. The van der Waals surface area contributed by atoms with E-state index in [0.29, 0.717) is 17.1 Å². The van der Waals surface area contributed by atoms with Gasteiger partial charge in [-0.2, -0.15) is 5.10 Å². The summed E-state index contributed by atoms with van der Waals surface area (Å²) in [5, 5.41) is 23.9. The molecule has 2 rings (SSSR count). The van der Waals surface area contributed by atoms with E-state index in [2.05, 4.69) is 5.10 Å². The summed E-state index contributed by atoms with van der Waals surface area (Å²) in [5.41, 5.74) is 1.39. The normalized spacial score (nSPS) is 10.6. The lowest BCUT2D eigenvalue weighted by Gasteiger charge is -2.04.